The summed E-state index contributed by atoms with van der Waals surface area (Å²) in [6, 6.07) is 29.9. The van der Waals surface area contributed by atoms with E-state index in [0.29, 0.717) is 65.5 Å². The minimum Gasteiger partial charge on any atom is -0.443 e. The number of amides is 2. The molecule has 82 heavy (non-hydrogen) atoms. The second kappa shape index (κ2) is 31.1. The lowest BCUT2D eigenvalue weighted by Gasteiger charge is -2.32. The van der Waals surface area contributed by atoms with Gasteiger partial charge in [-0.05, 0) is 93.2 Å². The fourth-order valence-corrected chi connectivity index (χ4v) is 11.5. The van der Waals surface area contributed by atoms with Gasteiger partial charge < -0.3 is 64.5 Å². The number of ether oxygens (including phenoxy) is 8. The van der Waals surface area contributed by atoms with Crippen LogP contribution in [0.25, 0.3) is 0 Å². The van der Waals surface area contributed by atoms with E-state index in [1.165, 1.54) is 24.3 Å². The third-order valence-corrected chi connectivity index (χ3v) is 16.4. The lowest BCUT2D eigenvalue weighted by Crippen LogP contribution is -2.52. The molecule has 6 saturated heterocycles. The van der Waals surface area contributed by atoms with Crippen LogP contribution in [0.5, 0.6) is 0 Å². The standard InChI is InChI=1S/C28H37N3O9S.C22H32N2O7.C7H7NO2/c29-20-7-4-8-22(16-20)41(34,35)31(40-21-9-12-36-13-10-21)17-25(32)24(15-19-5-2-1-3-6-19)30-28(33)39-26-18-38-27-23(26)11-14-37-27;25-19(13-23-31-16-6-9-27-10-7-16)18(12-15-4-2-1-3-5-15)24-22(26)30-20-14-29-21-17(20)8-11-28-21;1-6-3-2-4-7(5-6)8(9)10/h1-8,16,21,23-27,32H,9-15,17-18,29H2,(H,30,33);1-5,16-21,23,25H,6-14H2,(H,24,26);2-5H,1H3/t23-,24-,25+,26-,27+;17-,18-,19+,20?,21+;/m00./s1. The van der Waals surface area contributed by atoms with E-state index in [2.05, 4.69) is 16.1 Å². The normalized spacial score (nSPS) is 24.0. The lowest BCUT2D eigenvalue weighted by atomic mass is 10.0. The van der Waals surface area contributed by atoms with E-state index in [-0.39, 0.29) is 72.5 Å². The molecule has 0 aliphatic carbocycles. The molecule has 0 radical (unpaired) electrons. The maximum absolute atomic E-state index is 13.7. The molecule has 1 unspecified atom stereocenters. The highest BCUT2D eigenvalue weighted by Crippen LogP contribution is 2.34. The summed E-state index contributed by atoms with van der Waals surface area (Å²) in [6.07, 6.45) is -0.534. The van der Waals surface area contributed by atoms with Crippen LogP contribution in [0.15, 0.2) is 114 Å². The van der Waals surface area contributed by atoms with Gasteiger partial charge in [-0.25, -0.2) is 18.0 Å². The van der Waals surface area contributed by atoms with Crippen LogP contribution in [0.1, 0.15) is 55.2 Å². The Bertz CT molecular complexity index is 2730. The van der Waals surface area contributed by atoms with Gasteiger partial charge in [0.05, 0.1) is 91.1 Å². The van der Waals surface area contributed by atoms with Crippen molar-refractivity contribution in [2.45, 2.75) is 124 Å². The van der Waals surface area contributed by atoms with Crippen molar-refractivity contribution in [1.82, 2.24) is 20.6 Å². The third kappa shape index (κ3) is 18.5. The largest absolute Gasteiger partial charge is 0.443 e. The number of hydrogen-bond acceptors (Lipinski definition) is 20. The van der Waals surface area contributed by atoms with Crippen molar-refractivity contribution < 1.29 is 80.7 Å². The van der Waals surface area contributed by atoms with E-state index in [0.717, 1.165) is 46.8 Å². The molecule has 7 N–H and O–H groups in total. The number of nitro groups is 1. The molecule has 6 heterocycles. The molecule has 10 atom stereocenters. The first-order chi connectivity index (χ1) is 39.7. The Morgan fingerprint density at radius 1 is 0.683 bits per heavy atom. The molecule has 448 valence electrons. The van der Waals surface area contributed by atoms with Gasteiger partial charge in [0.2, 0.25) is 0 Å². The van der Waals surface area contributed by atoms with Crippen LogP contribution < -0.4 is 21.8 Å². The summed E-state index contributed by atoms with van der Waals surface area (Å²) in [5, 5.41) is 38.0. The van der Waals surface area contributed by atoms with Gasteiger partial charge in [0, 0.05) is 50.8 Å². The summed E-state index contributed by atoms with van der Waals surface area (Å²) >= 11 is 0. The Morgan fingerprint density at radius 2 is 1.21 bits per heavy atom. The molecule has 6 fully saturated rings. The summed E-state index contributed by atoms with van der Waals surface area (Å²) in [4.78, 5) is 46.9. The van der Waals surface area contributed by atoms with Gasteiger partial charge >= 0.3 is 12.2 Å². The molecular weight excluding hydrogens is 1090 g/mol. The number of carbonyl (C=O) groups is 2. The summed E-state index contributed by atoms with van der Waals surface area (Å²) < 4.78 is 72.3. The fraction of sp³-hybridized carbons (Fsp3) is 0.544. The maximum Gasteiger partial charge on any atom is 0.407 e. The zero-order chi connectivity index (χ0) is 57.8. The summed E-state index contributed by atoms with van der Waals surface area (Å²) in [6.45, 7) is 5.48. The number of benzene rings is 4. The molecule has 10 rings (SSSR count). The number of anilines is 1. The first-order valence-electron chi connectivity index (χ1n) is 27.8. The number of rotatable bonds is 21. The van der Waals surface area contributed by atoms with E-state index >= 15 is 0 Å². The maximum atomic E-state index is 13.7. The van der Waals surface area contributed by atoms with Gasteiger partial charge in [-0.1, -0.05) is 83.3 Å². The number of hydrogen-bond donors (Lipinski definition) is 6. The minimum atomic E-state index is -4.23. The molecule has 4 aromatic carbocycles. The van der Waals surface area contributed by atoms with Gasteiger partial charge in [0.1, 0.15) is 12.2 Å². The van der Waals surface area contributed by atoms with Crippen molar-refractivity contribution in [3.05, 3.63) is 136 Å². The number of nitrogen functional groups attached to an aromatic ring is 1. The van der Waals surface area contributed by atoms with Gasteiger partial charge in [-0.2, -0.15) is 5.48 Å². The highest BCUT2D eigenvalue weighted by Gasteiger charge is 2.45. The lowest BCUT2D eigenvalue weighted by molar-refractivity contribution is -0.384. The molecule has 24 nitrogen and oxygen atoms in total. The number of sulfonamides is 1. The molecule has 0 saturated carbocycles. The molecule has 6 aliphatic rings. The first kappa shape index (κ1) is 62.1. The molecule has 2 amide bonds. The van der Waals surface area contributed by atoms with Gasteiger partial charge in [0.25, 0.3) is 15.7 Å². The van der Waals surface area contributed by atoms with E-state index in [1.54, 1.807) is 18.2 Å². The van der Waals surface area contributed by atoms with Crippen LogP contribution in [-0.4, -0.2) is 167 Å². The molecule has 4 aromatic rings. The number of nitrogens with zero attached hydrogens (tertiary/aromatic N) is 2. The van der Waals surface area contributed by atoms with Crippen molar-refractivity contribution in [3.8, 4) is 0 Å². The van der Waals surface area contributed by atoms with E-state index in [1.807, 2.05) is 73.7 Å². The smallest absolute Gasteiger partial charge is 0.407 e. The molecule has 0 aromatic heterocycles. The second-order valence-electron chi connectivity index (χ2n) is 20.8. The Kier molecular flexibility index (Phi) is 23.6. The number of nitrogens with one attached hydrogen (secondary N) is 3. The van der Waals surface area contributed by atoms with Crippen LogP contribution >= 0.6 is 0 Å². The van der Waals surface area contributed by atoms with Crippen LogP contribution in [0, 0.1) is 28.9 Å². The predicted octanol–water partition coefficient (Wildman–Crippen LogP) is 4.88. The van der Waals surface area contributed by atoms with Crippen LogP contribution in [0.4, 0.5) is 21.0 Å². The fourth-order valence-electron chi connectivity index (χ4n) is 10.2. The van der Waals surface area contributed by atoms with Crippen LogP contribution in [0.3, 0.4) is 0 Å². The summed E-state index contributed by atoms with van der Waals surface area (Å²) in [5.74, 6) is 0.0165. The highest BCUT2D eigenvalue weighted by molar-refractivity contribution is 7.89. The summed E-state index contributed by atoms with van der Waals surface area (Å²) in [7, 11) is -4.23. The van der Waals surface area contributed by atoms with Gasteiger partial charge in [-0.15, -0.1) is 0 Å². The van der Waals surface area contributed by atoms with Gasteiger partial charge in [0.15, 0.2) is 12.6 Å². The topological polar surface area (TPSA) is 310 Å². The number of carbonyl (C=O) groups excluding carboxylic acids is 2. The van der Waals surface area contributed by atoms with E-state index in [9.17, 15) is 38.3 Å². The number of fused-ring (bicyclic) bond motifs is 2. The Hall–Kier alpha value is -5.91. The Morgan fingerprint density at radius 3 is 1.72 bits per heavy atom. The molecular formula is C57H76N6O18S. The number of aliphatic hydroxyl groups is 2. The van der Waals surface area contributed by atoms with E-state index in [4.69, 9.17) is 53.3 Å². The number of nitro benzene ring substituents is 1. The van der Waals surface area contributed by atoms with Crippen molar-refractivity contribution in [1.29, 1.82) is 0 Å². The number of aryl methyl sites for hydroxylation is 1. The minimum absolute atomic E-state index is 0.0509. The van der Waals surface area contributed by atoms with Crippen molar-refractivity contribution in [2.24, 2.45) is 11.8 Å². The number of aliphatic hydroxyl groups excluding tert-OH is 2. The second-order valence-corrected chi connectivity index (χ2v) is 22.6. The van der Waals surface area contributed by atoms with E-state index < -0.39 is 70.2 Å². The molecule has 0 bridgehead atoms. The zero-order valence-corrected chi connectivity index (χ0v) is 46.7. The van der Waals surface area contributed by atoms with Crippen molar-refractivity contribution in [3.63, 3.8) is 0 Å². The molecule has 6 aliphatic heterocycles. The number of hydroxylamine groups is 2. The Balaban J connectivity index is 0.000000188. The van der Waals surface area contributed by atoms with Crippen LogP contribution in [-0.2, 0) is 70.4 Å². The first-order valence-corrected chi connectivity index (χ1v) is 29.3. The average Bonchev–Trinajstić information content (AvgIpc) is 4.44. The average molecular weight is 1170 g/mol. The third-order valence-electron chi connectivity index (χ3n) is 14.7. The Labute approximate surface area is 477 Å². The quantitative estimate of drug-likeness (QED) is 0.0368. The van der Waals surface area contributed by atoms with Crippen LogP contribution in [0.2, 0.25) is 0 Å². The van der Waals surface area contributed by atoms with Gasteiger partial charge in [-0.3, -0.25) is 19.8 Å². The highest BCUT2D eigenvalue weighted by atomic mass is 32.2. The number of alkyl carbamates (subject to hydrolysis) is 2. The molecule has 25 heteroatoms. The SMILES string of the molecule is Cc1cccc([N+](=O)[O-])c1.Nc1cccc(S(=O)(=O)N(C[C@@H](O)[C@H](Cc2ccccc2)NC(=O)O[C@H]2CO[C@H]3OCC[C@H]32)OC2CCOCC2)c1.O=C(N[C@@H](Cc1ccccc1)[C@H](O)CNOC1CCOCC1)OC1CO[C@H]2OCC[C@@H]12. The molecule has 0 spiro atoms. The number of nitrogens with two attached hydrogens (primary N) is 1. The predicted molar refractivity (Wildman–Crippen MR) is 295 cm³/mol. The number of non-ortho nitro benzene ring substituents is 1. The van der Waals surface area contributed by atoms with Crippen molar-refractivity contribution >= 4 is 33.6 Å². The monoisotopic (exact) mass is 1160 g/mol. The zero-order valence-electron chi connectivity index (χ0n) is 45.9. The van der Waals surface area contributed by atoms with Crippen molar-refractivity contribution in [2.75, 3.05) is 71.7 Å². The summed E-state index contributed by atoms with van der Waals surface area (Å²) in [5.41, 5.74) is 11.9.